The van der Waals surface area contributed by atoms with Crippen LogP contribution in [0.5, 0.6) is 23.0 Å². The predicted molar refractivity (Wildman–Crippen MR) is 141 cm³/mol. The van der Waals surface area contributed by atoms with Gasteiger partial charge in [0.15, 0.2) is 0 Å². The Labute approximate surface area is 210 Å². The van der Waals surface area contributed by atoms with Gasteiger partial charge in [0.1, 0.15) is 31.1 Å². The third-order valence-corrected chi connectivity index (χ3v) is 11.0. The zero-order valence-corrected chi connectivity index (χ0v) is 21.0. The average Bonchev–Trinajstić information content (AvgIpc) is 2.90. The molecule has 0 saturated carbocycles. The van der Waals surface area contributed by atoms with Crippen LogP contribution in [0.2, 0.25) is 12.6 Å². The molecule has 0 aromatic heterocycles. The molecule has 7 heteroatoms. The largest absolute Gasteiger partial charge is 0.478 e. The number of benzene rings is 4. The van der Waals surface area contributed by atoms with Gasteiger partial charge < -0.3 is 19.7 Å². The molecule has 4 rings (SSSR count). The number of carboxylic acids is 2. The second kappa shape index (κ2) is 10.5. The summed E-state index contributed by atoms with van der Waals surface area (Å²) in [4.78, 5) is 22.0. The topological polar surface area (TPSA) is 93.1 Å². The summed E-state index contributed by atoms with van der Waals surface area (Å²) in [5.41, 5.74) is 0.435. The molecule has 0 radical (unpaired) electrons. The molecule has 0 aliphatic carbocycles. The number of hydrogen-bond acceptors (Lipinski definition) is 4. The third kappa shape index (κ3) is 5.47. The monoisotopic (exact) mass is 498 g/mol. The van der Waals surface area contributed by atoms with E-state index >= 15 is 0 Å². The van der Waals surface area contributed by atoms with E-state index in [0.717, 1.165) is 6.04 Å². The Bertz CT molecular complexity index is 1240. The molecule has 0 aliphatic rings. The summed E-state index contributed by atoms with van der Waals surface area (Å²) in [7, 11) is -1.99. The summed E-state index contributed by atoms with van der Waals surface area (Å²) in [5, 5.41) is 20.6. The summed E-state index contributed by atoms with van der Waals surface area (Å²) in [6, 6.07) is 29.9. The van der Waals surface area contributed by atoms with Gasteiger partial charge in [0, 0.05) is 0 Å². The summed E-state index contributed by atoms with van der Waals surface area (Å²) in [6.07, 6.45) is 0. The van der Waals surface area contributed by atoms with Crippen LogP contribution in [0.15, 0.2) is 97.1 Å². The van der Waals surface area contributed by atoms with Gasteiger partial charge in [-0.1, -0.05) is 54.2 Å². The van der Waals surface area contributed by atoms with Crippen molar-refractivity contribution in [1.82, 2.24) is 0 Å². The Kier molecular flexibility index (Phi) is 7.22. The Morgan fingerprint density at radius 1 is 0.583 bits per heavy atom. The highest BCUT2D eigenvalue weighted by Gasteiger charge is 2.29. The van der Waals surface area contributed by atoms with Crippen LogP contribution in [0.4, 0.5) is 0 Å². The highest BCUT2D eigenvalue weighted by atomic mass is 28.3. The van der Waals surface area contributed by atoms with E-state index in [9.17, 15) is 9.59 Å². The lowest BCUT2D eigenvalue weighted by molar-refractivity contribution is 0.0686. The van der Waals surface area contributed by atoms with Gasteiger partial charge in [0.05, 0.1) is 11.1 Å². The quantitative estimate of drug-likeness (QED) is 0.280. The van der Waals surface area contributed by atoms with Crippen LogP contribution in [0, 0.1) is 0 Å². The van der Waals surface area contributed by atoms with Gasteiger partial charge in [-0.3, -0.25) is 0 Å². The molecule has 0 aliphatic heterocycles. The normalized spacial score (nSPS) is 11.1. The molecule has 0 heterocycles. The van der Waals surface area contributed by atoms with Gasteiger partial charge in [0.25, 0.3) is 0 Å². The molecular weight excluding hydrogens is 472 g/mol. The van der Waals surface area contributed by atoms with Crippen molar-refractivity contribution in [2.75, 3.05) is 0 Å². The predicted octanol–water partition coefficient (Wildman–Crippen LogP) is 5.88. The van der Waals surface area contributed by atoms with Gasteiger partial charge >= 0.3 is 11.9 Å². The molecule has 0 spiro atoms. The summed E-state index contributed by atoms with van der Waals surface area (Å²) < 4.78 is 11.8. The van der Waals surface area contributed by atoms with Gasteiger partial charge in [-0.15, -0.1) is 0 Å². The van der Waals surface area contributed by atoms with E-state index in [1.54, 1.807) is 24.3 Å². The van der Waals surface area contributed by atoms with Gasteiger partial charge in [-0.2, -0.15) is 0 Å². The van der Waals surface area contributed by atoms with Gasteiger partial charge in [-0.25, -0.2) is 9.59 Å². The molecule has 0 saturated heterocycles. The van der Waals surface area contributed by atoms with Crippen molar-refractivity contribution >= 4 is 30.4 Å². The Balaban J connectivity index is 1.47. The number of carbonyl (C=O) groups is 2. The molecular formula is C29H26O6Si. The van der Waals surface area contributed by atoms with Crippen LogP contribution in [0.25, 0.3) is 0 Å². The fourth-order valence-corrected chi connectivity index (χ4v) is 6.91. The van der Waals surface area contributed by atoms with Crippen molar-refractivity contribution in [3.8, 4) is 23.0 Å². The second-order valence-corrected chi connectivity index (χ2v) is 13.1. The SMILES string of the molecule is CC[Si](C)(c1ccc(Oc2ccc(C(=O)O)cc2)cc1)c1ccc(Oc2ccc(C(=O)O)cc2)cc1. The van der Waals surface area contributed by atoms with Crippen LogP contribution in [-0.2, 0) is 0 Å². The molecule has 36 heavy (non-hydrogen) atoms. The summed E-state index contributed by atoms with van der Waals surface area (Å²) in [5.74, 6) is 0.596. The van der Waals surface area contributed by atoms with E-state index in [2.05, 4.69) is 37.7 Å². The molecule has 182 valence electrons. The van der Waals surface area contributed by atoms with Crippen LogP contribution in [0.3, 0.4) is 0 Å². The highest BCUT2D eigenvalue weighted by molar-refractivity contribution is 7.01. The first kappa shape index (κ1) is 24.8. The van der Waals surface area contributed by atoms with E-state index in [-0.39, 0.29) is 11.1 Å². The first-order valence-corrected chi connectivity index (χ1v) is 14.2. The first-order valence-electron chi connectivity index (χ1n) is 11.5. The smallest absolute Gasteiger partial charge is 0.335 e. The van der Waals surface area contributed by atoms with Crippen molar-refractivity contribution in [2.45, 2.75) is 19.5 Å². The van der Waals surface area contributed by atoms with E-state index in [1.807, 2.05) is 24.3 Å². The maximum atomic E-state index is 11.0. The molecule has 4 aromatic carbocycles. The van der Waals surface area contributed by atoms with Crippen molar-refractivity contribution < 1.29 is 29.3 Å². The number of rotatable bonds is 9. The summed E-state index contributed by atoms with van der Waals surface area (Å²) in [6.45, 7) is 4.53. The molecule has 0 bridgehead atoms. The molecule has 6 nitrogen and oxygen atoms in total. The van der Waals surface area contributed by atoms with E-state index in [4.69, 9.17) is 19.7 Å². The fraction of sp³-hybridized carbons (Fsp3) is 0.103. The van der Waals surface area contributed by atoms with Crippen molar-refractivity contribution in [3.63, 3.8) is 0 Å². The van der Waals surface area contributed by atoms with Crippen LogP contribution >= 0.6 is 0 Å². The minimum atomic E-state index is -1.99. The van der Waals surface area contributed by atoms with Crippen LogP contribution in [-0.4, -0.2) is 30.2 Å². The average molecular weight is 499 g/mol. The molecule has 4 aromatic rings. The molecule has 2 N–H and O–H groups in total. The fourth-order valence-electron chi connectivity index (χ4n) is 3.96. The Hall–Kier alpha value is -4.36. The molecule has 0 atom stereocenters. The summed E-state index contributed by atoms with van der Waals surface area (Å²) >= 11 is 0. The Morgan fingerprint density at radius 3 is 1.11 bits per heavy atom. The van der Waals surface area contributed by atoms with Crippen LogP contribution in [0.1, 0.15) is 27.6 Å². The molecule has 0 amide bonds. The standard InChI is InChI=1S/C29H26O6Si/c1-3-36(2,26-16-12-24(13-17-26)34-22-8-4-20(5-9-22)28(30)31)27-18-14-25(15-19-27)35-23-10-6-21(7-11-23)29(32)33/h4-19H,3H2,1-2H3,(H,30,31)(H,32,33). The minimum absolute atomic E-state index is 0.218. The van der Waals surface area contributed by atoms with E-state index in [0.29, 0.717) is 23.0 Å². The lowest BCUT2D eigenvalue weighted by atomic mass is 10.2. The number of hydrogen-bond donors (Lipinski definition) is 2. The Morgan fingerprint density at radius 2 is 0.861 bits per heavy atom. The van der Waals surface area contributed by atoms with Crippen LogP contribution < -0.4 is 19.8 Å². The zero-order valence-electron chi connectivity index (χ0n) is 20.0. The van der Waals surface area contributed by atoms with Gasteiger partial charge in [-0.05, 0) is 72.8 Å². The van der Waals surface area contributed by atoms with Gasteiger partial charge in [0.2, 0.25) is 0 Å². The van der Waals surface area contributed by atoms with Crippen molar-refractivity contribution in [2.24, 2.45) is 0 Å². The van der Waals surface area contributed by atoms with E-state index < -0.39 is 20.0 Å². The zero-order chi connectivity index (χ0) is 25.7. The maximum absolute atomic E-state index is 11.0. The lowest BCUT2D eigenvalue weighted by Crippen LogP contribution is -2.54. The lowest BCUT2D eigenvalue weighted by Gasteiger charge is -2.27. The van der Waals surface area contributed by atoms with E-state index in [1.165, 1.54) is 34.6 Å². The number of ether oxygens (including phenoxy) is 2. The van der Waals surface area contributed by atoms with Crippen molar-refractivity contribution in [3.05, 3.63) is 108 Å². The number of carboxylic acid groups (broad SMARTS) is 2. The number of aromatic carboxylic acids is 2. The second-order valence-electron chi connectivity index (χ2n) is 8.60. The minimum Gasteiger partial charge on any atom is -0.478 e. The first-order chi connectivity index (χ1) is 17.3. The maximum Gasteiger partial charge on any atom is 0.335 e. The van der Waals surface area contributed by atoms with Crippen molar-refractivity contribution in [1.29, 1.82) is 0 Å². The molecule has 0 unspecified atom stereocenters. The third-order valence-electron chi connectivity index (χ3n) is 6.36. The highest BCUT2D eigenvalue weighted by Crippen LogP contribution is 2.24. The molecule has 0 fully saturated rings.